The molecule has 0 bridgehead atoms. The molecule has 1 N–H and O–H groups in total. The van der Waals surface area contributed by atoms with Gasteiger partial charge in [-0.25, -0.2) is 9.97 Å². The molecule has 1 aromatic carbocycles. The lowest BCUT2D eigenvalue weighted by molar-refractivity contribution is 0.340. The topological polar surface area (TPSA) is 60.2 Å². The number of fused-ring (bicyclic) bond motifs is 1. The largest absolute Gasteiger partial charge is 0.494 e. The first-order valence-electron chi connectivity index (χ1n) is 7.62. The summed E-state index contributed by atoms with van der Waals surface area (Å²) in [4.78, 5) is 9.77. The number of hydrogen-bond acceptors (Lipinski definition) is 6. The van der Waals surface area contributed by atoms with Gasteiger partial charge in [-0.05, 0) is 37.3 Å². The smallest absolute Gasteiger partial charge is 0.151 e. The van der Waals surface area contributed by atoms with E-state index in [1.165, 1.54) is 0 Å². The van der Waals surface area contributed by atoms with E-state index < -0.39 is 0 Å². The SMILES string of the molecule is CCOc1cccc(Nc2ncnc3cc(-c4ccco4)sc23)c1. The molecule has 6 heteroatoms. The number of ether oxygens (including phenoxy) is 1. The molecule has 0 aliphatic heterocycles. The highest BCUT2D eigenvalue weighted by Gasteiger charge is 2.12. The molecule has 0 unspecified atom stereocenters. The minimum absolute atomic E-state index is 0.638. The number of thiophene rings is 1. The van der Waals surface area contributed by atoms with E-state index in [-0.39, 0.29) is 0 Å². The summed E-state index contributed by atoms with van der Waals surface area (Å²) >= 11 is 1.60. The van der Waals surface area contributed by atoms with Crippen LogP contribution in [0.4, 0.5) is 11.5 Å². The number of aromatic nitrogens is 2. The first kappa shape index (κ1) is 14.7. The molecule has 24 heavy (non-hydrogen) atoms. The molecule has 0 amide bonds. The van der Waals surface area contributed by atoms with E-state index in [1.807, 2.05) is 49.4 Å². The monoisotopic (exact) mass is 337 g/mol. The summed E-state index contributed by atoms with van der Waals surface area (Å²) in [6, 6.07) is 13.7. The lowest BCUT2D eigenvalue weighted by Crippen LogP contribution is -1.96. The lowest BCUT2D eigenvalue weighted by Gasteiger charge is -2.08. The second kappa shape index (κ2) is 6.33. The Labute approximate surface area is 142 Å². The van der Waals surface area contributed by atoms with Crippen molar-refractivity contribution in [2.24, 2.45) is 0 Å². The second-order valence-electron chi connectivity index (χ2n) is 5.11. The summed E-state index contributed by atoms with van der Waals surface area (Å²) in [5.74, 6) is 2.44. The van der Waals surface area contributed by atoms with Gasteiger partial charge in [0.1, 0.15) is 17.8 Å². The van der Waals surface area contributed by atoms with E-state index in [0.29, 0.717) is 6.61 Å². The van der Waals surface area contributed by atoms with Crippen molar-refractivity contribution in [2.75, 3.05) is 11.9 Å². The fourth-order valence-electron chi connectivity index (χ4n) is 2.45. The minimum atomic E-state index is 0.638. The summed E-state index contributed by atoms with van der Waals surface area (Å²) in [5.41, 5.74) is 1.82. The fourth-order valence-corrected chi connectivity index (χ4v) is 3.47. The Morgan fingerprint density at radius 2 is 2.12 bits per heavy atom. The predicted molar refractivity (Wildman–Crippen MR) is 96.0 cm³/mol. The van der Waals surface area contributed by atoms with Crippen LogP contribution in [-0.4, -0.2) is 16.6 Å². The van der Waals surface area contributed by atoms with Gasteiger partial charge in [0.15, 0.2) is 5.82 Å². The third-order valence-electron chi connectivity index (χ3n) is 3.48. The zero-order chi connectivity index (χ0) is 16.4. The molecule has 4 aromatic rings. The van der Waals surface area contributed by atoms with Gasteiger partial charge in [-0.3, -0.25) is 0 Å². The number of nitrogens with zero attached hydrogens (tertiary/aromatic N) is 2. The quantitative estimate of drug-likeness (QED) is 0.549. The molecule has 0 aliphatic rings. The number of furan rings is 1. The van der Waals surface area contributed by atoms with Crippen molar-refractivity contribution in [3.8, 4) is 16.4 Å². The van der Waals surface area contributed by atoms with Crippen LogP contribution in [0.2, 0.25) is 0 Å². The molecule has 3 aromatic heterocycles. The van der Waals surface area contributed by atoms with Crippen LogP contribution in [0.25, 0.3) is 20.9 Å². The first-order chi connectivity index (χ1) is 11.8. The van der Waals surface area contributed by atoms with Crippen molar-refractivity contribution in [1.82, 2.24) is 9.97 Å². The predicted octanol–water partition coefficient (Wildman–Crippen LogP) is 5.09. The molecular weight excluding hydrogens is 322 g/mol. The standard InChI is InChI=1S/C18H15N3O2S/c1-2-22-13-6-3-5-12(9-13)21-18-17-14(19-11-20-18)10-16(24-17)15-7-4-8-23-15/h3-11H,2H2,1H3,(H,19,20,21). The van der Waals surface area contributed by atoms with E-state index in [2.05, 4.69) is 15.3 Å². The van der Waals surface area contributed by atoms with Gasteiger partial charge in [-0.2, -0.15) is 0 Å². The van der Waals surface area contributed by atoms with Crippen LogP contribution < -0.4 is 10.1 Å². The Balaban J connectivity index is 1.70. The summed E-state index contributed by atoms with van der Waals surface area (Å²) < 4.78 is 12.0. The third-order valence-corrected chi connectivity index (χ3v) is 4.63. The Hall–Kier alpha value is -2.86. The highest BCUT2D eigenvalue weighted by atomic mass is 32.1. The van der Waals surface area contributed by atoms with E-state index in [1.54, 1.807) is 23.9 Å². The molecule has 0 saturated carbocycles. The zero-order valence-corrected chi connectivity index (χ0v) is 13.8. The second-order valence-corrected chi connectivity index (χ2v) is 6.16. The average molecular weight is 337 g/mol. The third kappa shape index (κ3) is 2.83. The molecule has 0 spiro atoms. The summed E-state index contributed by atoms with van der Waals surface area (Å²) in [5, 5.41) is 3.35. The van der Waals surface area contributed by atoms with Crippen LogP contribution in [0.1, 0.15) is 6.92 Å². The molecule has 0 aliphatic carbocycles. The molecule has 0 radical (unpaired) electrons. The molecule has 5 nitrogen and oxygen atoms in total. The maximum atomic E-state index is 5.54. The fraction of sp³-hybridized carbons (Fsp3) is 0.111. The molecule has 120 valence electrons. The van der Waals surface area contributed by atoms with Crippen molar-refractivity contribution in [1.29, 1.82) is 0 Å². The van der Waals surface area contributed by atoms with Crippen LogP contribution in [0.5, 0.6) is 5.75 Å². The van der Waals surface area contributed by atoms with Crippen molar-refractivity contribution in [3.05, 3.63) is 55.1 Å². The number of benzene rings is 1. The lowest BCUT2D eigenvalue weighted by atomic mass is 10.3. The number of rotatable bonds is 5. The van der Waals surface area contributed by atoms with Gasteiger partial charge in [-0.1, -0.05) is 6.07 Å². The normalized spacial score (nSPS) is 10.9. The Morgan fingerprint density at radius 1 is 1.17 bits per heavy atom. The molecule has 0 saturated heterocycles. The van der Waals surface area contributed by atoms with Crippen LogP contribution in [0.3, 0.4) is 0 Å². The highest BCUT2D eigenvalue weighted by molar-refractivity contribution is 7.22. The van der Waals surface area contributed by atoms with Crippen molar-refractivity contribution < 1.29 is 9.15 Å². The molecule has 3 heterocycles. The van der Waals surface area contributed by atoms with E-state index >= 15 is 0 Å². The van der Waals surface area contributed by atoms with Gasteiger partial charge in [-0.15, -0.1) is 11.3 Å². The van der Waals surface area contributed by atoms with Crippen LogP contribution >= 0.6 is 11.3 Å². The van der Waals surface area contributed by atoms with Gasteiger partial charge in [0.25, 0.3) is 0 Å². The molecule has 0 atom stereocenters. The van der Waals surface area contributed by atoms with Gasteiger partial charge in [0.05, 0.1) is 28.0 Å². The van der Waals surface area contributed by atoms with Crippen molar-refractivity contribution in [3.63, 3.8) is 0 Å². The Kier molecular flexibility index (Phi) is 3.88. The molecular formula is C18H15N3O2S. The molecule has 4 rings (SSSR count). The van der Waals surface area contributed by atoms with Crippen LogP contribution in [0.15, 0.2) is 59.5 Å². The van der Waals surface area contributed by atoms with Gasteiger partial charge < -0.3 is 14.5 Å². The molecule has 0 fully saturated rings. The Morgan fingerprint density at radius 3 is 2.96 bits per heavy atom. The summed E-state index contributed by atoms with van der Waals surface area (Å²) in [6.07, 6.45) is 3.24. The van der Waals surface area contributed by atoms with E-state index in [0.717, 1.165) is 38.1 Å². The van der Waals surface area contributed by atoms with Gasteiger partial charge in [0.2, 0.25) is 0 Å². The van der Waals surface area contributed by atoms with Crippen LogP contribution in [-0.2, 0) is 0 Å². The Bertz CT molecular complexity index is 963. The van der Waals surface area contributed by atoms with Gasteiger partial charge in [0, 0.05) is 11.8 Å². The maximum absolute atomic E-state index is 5.54. The number of hydrogen-bond donors (Lipinski definition) is 1. The van der Waals surface area contributed by atoms with E-state index in [4.69, 9.17) is 9.15 Å². The van der Waals surface area contributed by atoms with Gasteiger partial charge >= 0.3 is 0 Å². The van der Waals surface area contributed by atoms with Crippen molar-refractivity contribution >= 4 is 33.1 Å². The van der Waals surface area contributed by atoms with Crippen LogP contribution in [0, 0.1) is 0 Å². The maximum Gasteiger partial charge on any atom is 0.151 e. The van der Waals surface area contributed by atoms with E-state index in [9.17, 15) is 0 Å². The number of nitrogens with one attached hydrogen (secondary N) is 1. The highest BCUT2D eigenvalue weighted by Crippen LogP contribution is 2.36. The zero-order valence-electron chi connectivity index (χ0n) is 13.0. The number of anilines is 2. The first-order valence-corrected chi connectivity index (χ1v) is 8.43. The minimum Gasteiger partial charge on any atom is -0.494 e. The average Bonchev–Trinajstić information content (AvgIpc) is 3.25. The van der Waals surface area contributed by atoms with Crippen molar-refractivity contribution in [2.45, 2.75) is 6.92 Å². The summed E-state index contributed by atoms with van der Waals surface area (Å²) in [7, 11) is 0. The summed E-state index contributed by atoms with van der Waals surface area (Å²) in [6.45, 7) is 2.61.